The molecular weight excluding hydrogens is 204 g/mol. The monoisotopic (exact) mass is 217 g/mol. The van der Waals surface area contributed by atoms with Crippen molar-refractivity contribution in [1.82, 2.24) is 0 Å². The van der Waals surface area contributed by atoms with Crippen LogP contribution in [-0.4, -0.2) is 11.8 Å². The first-order valence-electron chi connectivity index (χ1n) is 4.37. The Kier molecular flexibility index (Phi) is 4.35. The number of hydrogen-bond acceptors (Lipinski definition) is 2. The standard InChI is InChI=1S/C10H13F2NS/c1-7(13)5-14-6-8-2-3-9(11)10(12)4-8/h2-4,7H,5-6,13H2,1H3. The van der Waals surface area contributed by atoms with E-state index in [1.54, 1.807) is 17.8 Å². The fraction of sp³-hybridized carbons (Fsp3) is 0.400. The summed E-state index contributed by atoms with van der Waals surface area (Å²) < 4.78 is 25.3. The van der Waals surface area contributed by atoms with Gasteiger partial charge in [-0.2, -0.15) is 11.8 Å². The van der Waals surface area contributed by atoms with Crippen LogP contribution < -0.4 is 5.73 Å². The van der Waals surface area contributed by atoms with Gasteiger partial charge in [-0.15, -0.1) is 0 Å². The Morgan fingerprint density at radius 1 is 1.36 bits per heavy atom. The SMILES string of the molecule is CC(N)CSCc1ccc(F)c(F)c1. The minimum atomic E-state index is -0.800. The molecule has 0 spiro atoms. The predicted octanol–water partition coefficient (Wildman–Crippen LogP) is 2.55. The average Bonchev–Trinajstić information content (AvgIpc) is 2.10. The second-order valence-corrected chi connectivity index (χ2v) is 4.27. The summed E-state index contributed by atoms with van der Waals surface area (Å²) in [5.74, 6) is -0.104. The second-order valence-electron chi connectivity index (χ2n) is 3.24. The summed E-state index contributed by atoms with van der Waals surface area (Å²) in [6.07, 6.45) is 0. The van der Waals surface area contributed by atoms with Crippen LogP contribution in [0.15, 0.2) is 18.2 Å². The number of nitrogens with two attached hydrogens (primary N) is 1. The Morgan fingerprint density at radius 2 is 2.07 bits per heavy atom. The maximum atomic E-state index is 12.8. The molecule has 0 aliphatic heterocycles. The number of rotatable bonds is 4. The van der Waals surface area contributed by atoms with Crippen molar-refractivity contribution in [2.24, 2.45) is 5.73 Å². The van der Waals surface area contributed by atoms with Crippen molar-refractivity contribution in [2.75, 3.05) is 5.75 Å². The van der Waals surface area contributed by atoms with Gasteiger partial charge in [-0.3, -0.25) is 0 Å². The van der Waals surface area contributed by atoms with Crippen molar-refractivity contribution in [1.29, 1.82) is 0 Å². The summed E-state index contributed by atoms with van der Waals surface area (Å²) in [5, 5.41) is 0. The lowest BCUT2D eigenvalue weighted by molar-refractivity contribution is 0.507. The second kappa shape index (κ2) is 5.32. The summed E-state index contributed by atoms with van der Waals surface area (Å²) in [6.45, 7) is 1.91. The van der Waals surface area contributed by atoms with Crippen LogP contribution in [0, 0.1) is 11.6 Å². The van der Waals surface area contributed by atoms with E-state index < -0.39 is 11.6 Å². The van der Waals surface area contributed by atoms with E-state index in [0.717, 1.165) is 17.4 Å². The Hall–Kier alpha value is -0.610. The third kappa shape index (κ3) is 3.64. The smallest absolute Gasteiger partial charge is 0.159 e. The molecule has 1 atom stereocenters. The molecule has 2 N–H and O–H groups in total. The maximum Gasteiger partial charge on any atom is 0.159 e. The van der Waals surface area contributed by atoms with E-state index in [1.807, 2.05) is 6.92 Å². The molecule has 0 radical (unpaired) electrons. The molecule has 0 saturated heterocycles. The Morgan fingerprint density at radius 3 is 2.64 bits per heavy atom. The quantitative estimate of drug-likeness (QED) is 0.838. The molecule has 1 nitrogen and oxygen atoms in total. The number of thioether (sulfide) groups is 1. The molecule has 1 aromatic rings. The number of benzene rings is 1. The van der Waals surface area contributed by atoms with Gasteiger partial charge >= 0.3 is 0 Å². The molecule has 1 aromatic carbocycles. The van der Waals surface area contributed by atoms with Crippen molar-refractivity contribution in [2.45, 2.75) is 18.7 Å². The van der Waals surface area contributed by atoms with Crippen LogP contribution in [0.4, 0.5) is 8.78 Å². The molecule has 0 aromatic heterocycles. The lowest BCUT2D eigenvalue weighted by atomic mass is 10.2. The van der Waals surface area contributed by atoms with Crippen LogP contribution in [0.25, 0.3) is 0 Å². The number of hydrogen-bond donors (Lipinski definition) is 1. The van der Waals surface area contributed by atoms with E-state index in [2.05, 4.69) is 0 Å². The summed E-state index contributed by atoms with van der Waals surface area (Å²) in [7, 11) is 0. The van der Waals surface area contributed by atoms with Gasteiger partial charge in [0.25, 0.3) is 0 Å². The maximum absolute atomic E-state index is 12.8. The Balaban J connectivity index is 2.47. The minimum absolute atomic E-state index is 0.130. The van der Waals surface area contributed by atoms with Crippen molar-refractivity contribution >= 4 is 11.8 Å². The molecule has 0 heterocycles. The van der Waals surface area contributed by atoms with E-state index in [-0.39, 0.29) is 6.04 Å². The summed E-state index contributed by atoms with van der Waals surface area (Å²) >= 11 is 1.61. The Bertz CT molecular complexity index is 302. The Labute approximate surface area is 86.7 Å². The molecule has 1 rings (SSSR count). The first-order chi connectivity index (χ1) is 6.59. The molecule has 0 fully saturated rings. The van der Waals surface area contributed by atoms with Gasteiger partial charge in [0, 0.05) is 17.5 Å². The van der Waals surface area contributed by atoms with Crippen LogP contribution in [0.3, 0.4) is 0 Å². The largest absolute Gasteiger partial charge is 0.327 e. The summed E-state index contributed by atoms with van der Waals surface area (Å²) in [5.41, 5.74) is 6.34. The average molecular weight is 217 g/mol. The van der Waals surface area contributed by atoms with Crippen molar-refractivity contribution < 1.29 is 8.78 Å². The van der Waals surface area contributed by atoms with Crippen molar-refractivity contribution in [3.63, 3.8) is 0 Å². The highest BCUT2D eigenvalue weighted by molar-refractivity contribution is 7.98. The van der Waals surface area contributed by atoms with Crippen LogP contribution in [-0.2, 0) is 5.75 Å². The first-order valence-corrected chi connectivity index (χ1v) is 5.52. The van der Waals surface area contributed by atoms with Gasteiger partial charge in [-0.1, -0.05) is 6.07 Å². The normalized spacial score (nSPS) is 12.9. The van der Waals surface area contributed by atoms with Gasteiger partial charge < -0.3 is 5.73 Å². The van der Waals surface area contributed by atoms with E-state index in [0.29, 0.717) is 5.75 Å². The molecule has 14 heavy (non-hydrogen) atoms. The molecule has 0 amide bonds. The molecule has 4 heteroatoms. The highest BCUT2D eigenvalue weighted by Gasteiger charge is 2.02. The third-order valence-electron chi connectivity index (χ3n) is 1.63. The first kappa shape index (κ1) is 11.5. The molecular formula is C10H13F2NS. The van der Waals surface area contributed by atoms with E-state index in [1.165, 1.54) is 6.07 Å². The topological polar surface area (TPSA) is 26.0 Å². The van der Waals surface area contributed by atoms with Gasteiger partial charge in [0.15, 0.2) is 11.6 Å². The zero-order valence-corrected chi connectivity index (χ0v) is 8.78. The van der Waals surface area contributed by atoms with Crippen LogP contribution in [0.2, 0.25) is 0 Å². The van der Waals surface area contributed by atoms with Gasteiger partial charge in [0.2, 0.25) is 0 Å². The minimum Gasteiger partial charge on any atom is -0.327 e. The fourth-order valence-electron chi connectivity index (χ4n) is 0.992. The summed E-state index contributed by atoms with van der Waals surface area (Å²) in [6, 6.07) is 4.10. The van der Waals surface area contributed by atoms with Crippen molar-refractivity contribution in [3.05, 3.63) is 35.4 Å². The molecule has 0 aliphatic rings. The molecule has 0 saturated carbocycles. The van der Waals surface area contributed by atoms with Gasteiger partial charge in [0.05, 0.1) is 0 Å². The zero-order chi connectivity index (χ0) is 10.6. The zero-order valence-electron chi connectivity index (χ0n) is 7.97. The van der Waals surface area contributed by atoms with E-state index in [9.17, 15) is 8.78 Å². The summed E-state index contributed by atoms with van der Waals surface area (Å²) in [4.78, 5) is 0. The lowest BCUT2D eigenvalue weighted by Crippen LogP contribution is -2.17. The molecule has 0 aliphatic carbocycles. The van der Waals surface area contributed by atoms with E-state index >= 15 is 0 Å². The van der Waals surface area contributed by atoms with Gasteiger partial charge in [0.1, 0.15) is 0 Å². The van der Waals surface area contributed by atoms with Gasteiger partial charge in [-0.25, -0.2) is 8.78 Å². The van der Waals surface area contributed by atoms with Crippen LogP contribution >= 0.6 is 11.8 Å². The highest BCUT2D eigenvalue weighted by atomic mass is 32.2. The van der Waals surface area contributed by atoms with E-state index in [4.69, 9.17) is 5.73 Å². The molecule has 0 bridgehead atoms. The highest BCUT2D eigenvalue weighted by Crippen LogP contribution is 2.15. The third-order valence-corrected chi connectivity index (χ3v) is 2.93. The van der Waals surface area contributed by atoms with Gasteiger partial charge in [-0.05, 0) is 24.6 Å². The fourth-order valence-corrected chi connectivity index (χ4v) is 1.90. The predicted molar refractivity (Wildman–Crippen MR) is 56.2 cm³/mol. The van der Waals surface area contributed by atoms with Crippen LogP contribution in [0.5, 0.6) is 0 Å². The van der Waals surface area contributed by atoms with Crippen LogP contribution in [0.1, 0.15) is 12.5 Å². The number of halogens is 2. The van der Waals surface area contributed by atoms with Crippen molar-refractivity contribution in [3.8, 4) is 0 Å². The molecule has 78 valence electrons. The molecule has 1 unspecified atom stereocenters. The lowest BCUT2D eigenvalue weighted by Gasteiger charge is -2.04.